The third kappa shape index (κ3) is 5.15. The standard InChI is InChI=1S/C14H26N2O.ClH/c1-11-4-2-5-13(10-11)16-14(17)8-7-12-6-3-9-15-12;/h11-13,15H,2-10H2,1H3,(H,16,17);1H. The highest BCUT2D eigenvalue weighted by atomic mass is 35.5. The van der Waals surface area contributed by atoms with Crippen molar-refractivity contribution in [1.29, 1.82) is 0 Å². The van der Waals surface area contributed by atoms with Crippen LogP contribution in [-0.2, 0) is 4.79 Å². The highest BCUT2D eigenvalue weighted by molar-refractivity contribution is 5.85. The Morgan fingerprint density at radius 1 is 1.28 bits per heavy atom. The molecule has 0 bridgehead atoms. The van der Waals surface area contributed by atoms with E-state index >= 15 is 0 Å². The minimum Gasteiger partial charge on any atom is -0.353 e. The number of rotatable bonds is 4. The molecule has 1 aliphatic carbocycles. The second-order valence-electron chi connectivity index (χ2n) is 5.87. The van der Waals surface area contributed by atoms with Crippen LogP contribution in [0.5, 0.6) is 0 Å². The molecule has 2 fully saturated rings. The van der Waals surface area contributed by atoms with Crippen LogP contribution in [-0.4, -0.2) is 24.5 Å². The van der Waals surface area contributed by atoms with Crippen LogP contribution in [0.15, 0.2) is 0 Å². The van der Waals surface area contributed by atoms with Gasteiger partial charge in [0.05, 0.1) is 0 Å². The molecule has 18 heavy (non-hydrogen) atoms. The van der Waals surface area contributed by atoms with Crippen LogP contribution in [0.3, 0.4) is 0 Å². The van der Waals surface area contributed by atoms with Crippen LogP contribution < -0.4 is 10.6 Å². The molecule has 0 aromatic carbocycles. The molecule has 0 radical (unpaired) electrons. The van der Waals surface area contributed by atoms with E-state index in [1.54, 1.807) is 0 Å². The SMILES string of the molecule is CC1CCCC(NC(=O)CCC2CCCN2)C1.Cl. The highest BCUT2D eigenvalue weighted by Gasteiger charge is 2.21. The molecule has 3 atom stereocenters. The third-order valence-electron chi connectivity index (χ3n) is 4.18. The molecule has 1 heterocycles. The maximum atomic E-state index is 11.8. The van der Waals surface area contributed by atoms with Gasteiger partial charge in [0, 0.05) is 18.5 Å². The maximum absolute atomic E-state index is 11.8. The van der Waals surface area contributed by atoms with Gasteiger partial charge in [0.1, 0.15) is 0 Å². The molecular formula is C14H27ClN2O. The second-order valence-corrected chi connectivity index (χ2v) is 5.87. The van der Waals surface area contributed by atoms with E-state index in [1.807, 2.05) is 0 Å². The number of halogens is 1. The van der Waals surface area contributed by atoms with Gasteiger partial charge in [0.2, 0.25) is 5.91 Å². The van der Waals surface area contributed by atoms with E-state index in [2.05, 4.69) is 17.6 Å². The van der Waals surface area contributed by atoms with Crippen molar-refractivity contribution in [3.63, 3.8) is 0 Å². The first-order chi connectivity index (χ1) is 8.24. The van der Waals surface area contributed by atoms with Gasteiger partial charge in [-0.05, 0) is 44.6 Å². The van der Waals surface area contributed by atoms with Crippen LogP contribution in [0.25, 0.3) is 0 Å². The van der Waals surface area contributed by atoms with Gasteiger partial charge in [-0.25, -0.2) is 0 Å². The molecule has 1 saturated heterocycles. The zero-order valence-corrected chi connectivity index (χ0v) is 12.2. The summed E-state index contributed by atoms with van der Waals surface area (Å²) in [6.07, 6.45) is 9.18. The monoisotopic (exact) mass is 274 g/mol. The van der Waals surface area contributed by atoms with Gasteiger partial charge >= 0.3 is 0 Å². The predicted octanol–water partition coefficient (Wildman–Crippen LogP) is 2.64. The zero-order valence-electron chi connectivity index (χ0n) is 11.4. The lowest BCUT2D eigenvalue weighted by Gasteiger charge is -2.27. The minimum atomic E-state index is 0. The summed E-state index contributed by atoms with van der Waals surface area (Å²) in [7, 11) is 0. The van der Waals surface area contributed by atoms with Crippen molar-refractivity contribution in [3.05, 3.63) is 0 Å². The van der Waals surface area contributed by atoms with Crippen LogP contribution in [0.4, 0.5) is 0 Å². The Morgan fingerprint density at radius 2 is 2.11 bits per heavy atom. The summed E-state index contributed by atoms with van der Waals surface area (Å²) in [6, 6.07) is 1.04. The summed E-state index contributed by atoms with van der Waals surface area (Å²) >= 11 is 0. The number of carbonyl (C=O) groups is 1. The highest BCUT2D eigenvalue weighted by Crippen LogP contribution is 2.23. The van der Waals surface area contributed by atoms with Gasteiger partial charge in [0.25, 0.3) is 0 Å². The van der Waals surface area contributed by atoms with Crippen molar-refractivity contribution in [2.75, 3.05) is 6.54 Å². The fraction of sp³-hybridized carbons (Fsp3) is 0.929. The van der Waals surface area contributed by atoms with Crippen molar-refractivity contribution >= 4 is 18.3 Å². The topological polar surface area (TPSA) is 41.1 Å². The normalized spacial score (nSPS) is 31.7. The molecule has 1 amide bonds. The Morgan fingerprint density at radius 3 is 2.78 bits per heavy atom. The molecule has 3 unspecified atom stereocenters. The van der Waals surface area contributed by atoms with E-state index in [9.17, 15) is 4.79 Å². The molecule has 3 nitrogen and oxygen atoms in total. The Labute approximate surface area is 117 Å². The van der Waals surface area contributed by atoms with Gasteiger partial charge in [-0.3, -0.25) is 4.79 Å². The van der Waals surface area contributed by atoms with E-state index in [0.717, 1.165) is 18.9 Å². The van der Waals surface area contributed by atoms with Gasteiger partial charge in [0.15, 0.2) is 0 Å². The molecule has 2 rings (SSSR count). The lowest BCUT2D eigenvalue weighted by Crippen LogP contribution is -2.38. The van der Waals surface area contributed by atoms with Gasteiger partial charge in [-0.2, -0.15) is 0 Å². The summed E-state index contributed by atoms with van der Waals surface area (Å²) in [5.74, 6) is 1.04. The fourth-order valence-corrected chi connectivity index (χ4v) is 3.17. The van der Waals surface area contributed by atoms with E-state index < -0.39 is 0 Å². The fourth-order valence-electron chi connectivity index (χ4n) is 3.17. The Hall–Kier alpha value is -0.280. The van der Waals surface area contributed by atoms with E-state index in [0.29, 0.717) is 18.5 Å². The van der Waals surface area contributed by atoms with Gasteiger partial charge in [-0.15, -0.1) is 12.4 Å². The van der Waals surface area contributed by atoms with Crippen molar-refractivity contribution in [1.82, 2.24) is 10.6 Å². The summed E-state index contributed by atoms with van der Waals surface area (Å²) in [4.78, 5) is 11.8. The second kappa shape index (κ2) is 8.00. The first-order valence-electron chi connectivity index (χ1n) is 7.27. The third-order valence-corrected chi connectivity index (χ3v) is 4.18. The molecule has 2 aliphatic rings. The van der Waals surface area contributed by atoms with Crippen LogP contribution in [0.1, 0.15) is 58.3 Å². The molecule has 1 saturated carbocycles. The zero-order chi connectivity index (χ0) is 12.1. The number of nitrogens with one attached hydrogen (secondary N) is 2. The summed E-state index contributed by atoms with van der Waals surface area (Å²) in [5.41, 5.74) is 0. The molecule has 2 N–H and O–H groups in total. The maximum Gasteiger partial charge on any atom is 0.220 e. The minimum absolute atomic E-state index is 0. The number of carbonyl (C=O) groups excluding carboxylic acids is 1. The quantitative estimate of drug-likeness (QED) is 0.828. The first kappa shape index (κ1) is 15.8. The average molecular weight is 275 g/mol. The van der Waals surface area contributed by atoms with Crippen molar-refractivity contribution in [3.8, 4) is 0 Å². The summed E-state index contributed by atoms with van der Waals surface area (Å²) in [6.45, 7) is 3.42. The van der Waals surface area contributed by atoms with Gasteiger partial charge in [-0.1, -0.05) is 19.8 Å². The predicted molar refractivity (Wildman–Crippen MR) is 77.1 cm³/mol. The van der Waals surface area contributed by atoms with Gasteiger partial charge < -0.3 is 10.6 Å². The van der Waals surface area contributed by atoms with E-state index in [1.165, 1.54) is 38.5 Å². The van der Waals surface area contributed by atoms with Crippen molar-refractivity contribution in [2.24, 2.45) is 5.92 Å². The molecule has 106 valence electrons. The first-order valence-corrected chi connectivity index (χ1v) is 7.27. The van der Waals surface area contributed by atoms with Crippen LogP contribution in [0.2, 0.25) is 0 Å². The summed E-state index contributed by atoms with van der Waals surface area (Å²) < 4.78 is 0. The molecule has 0 spiro atoms. The molecule has 1 aliphatic heterocycles. The Balaban J connectivity index is 0.00000162. The molecule has 0 aromatic rings. The largest absolute Gasteiger partial charge is 0.353 e. The number of hydrogen-bond donors (Lipinski definition) is 2. The molecular weight excluding hydrogens is 248 g/mol. The Kier molecular flexibility index (Phi) is 7.02. The smallest absolute Gasteiger partial charge is 0.220 e. The van der Waals surface area contributed by atoms with Crippen LogP contribution in [0, 0.1) is 5.92 Å². The van der Waals surface area contributed by atoms with Crippen molar-refractivity contribution in [2.45, 2.75) is 70.4 Å². The molecule has 4 heteroatoms. The van der Waals surface area contributed by atoms with Crippen molar-refractivity contribution < 1.29 is 4.79 Å². The summed E-state index contributed by atoms with van der Waals surface area (Å²) in [5, 5.41) is 6.65. The lowest BCUT2D eigenvalue weighted by molar-refractivity contribution is -0.122. The Bertz CT molecular complexity index is 254. The van der Waals surface area contributed by atoms with E-state index in [-0.39, 0.29) is 18.3 Å². The lowest BCUT2D eigenvalue weighted by atomic mass is 9.87. The molecule has 0 aromatic heterocycles. The number of hydrogen-bond acceptors (Lipinski definition) is 2. The van der Waals surface area contributed by atoms with Crippen LogP contribution >= 0.6 is 12.4 Å². The number of amides is 1. The van der Waals surface area contributed by atoms with E-state index in [4.69, 9.17) is 0 Å². The average Bonchev–Trinajstić information content (AvgIpc) is 2.79.